The molecule has 0 bridgehead atoms. The summed E-state index contributed by atoms with van der Waals surface area (Å²) < 4.78 is 10.9. The highest BCUT2D eigenvalue weighted by molar-refractivity contribution is 9.10. The quantitative estimate of drug-likeness (QED) is 0.387. The van der Waals surface area contributed by atoms with Crippen LogP contribution < -0.4 is 20.1 Å². The van der Waals surface area contributed by atoms with Gasteiger partial charge in [-0.3, -0.25) is 19.7 Å². The maximum Gasteiger partial charge on any atom is 0.284 e. The summed E-state index contributed by atoms with van der Waals surface area (Å²) in [4.78, 5) is 36.0. The minimum atomic E-state index is -0.585. The highest BCUT2D eigenvalue weighted by Gasteiger charge is 2.19. The maximum absolute atomic E-state index is 12.8. The van der Waals surface area contributed by atoms with Gasteiger partial charge in [0, 0.05) is 18.2 Å². The third-order valence-electron chi connectivity index (χ3n) is 4.71. The Morgan fingerprint density at radius 2 is 1.78 bits per heavy atom. The van der Waals surface area contributed by atoms with E-state index in [1.165, 1.54) is 18.2 Å². The first-order valence-electron chi connectivity index (χ1n) is 9.43. The fourth-order valence-corrected chi connectivity index (χ4v) is 3.50. The first-order valence-corrected chi connectivity index (χ1v) is 10.2. The summed E-state index contributed by atoms with van der Waals surface area (Å²) in [5.41, 5.74) is 1.23. The normalized spacial score (nSPS) is 11.7. The van der Waals surface area contributed by atoms with Gasteiger partial charge in [-0.1, -0.05) is 18.2 Å². The second kappa shape index (κ2) is 9.06. The van der Waals surface area contributed by atoms with Crippen LogP contribution in [0.15, 0.2) is 65.1 Å². The van der Waals surface area contributed by atoms with Crippen LogP contribution in [-0.4, -0.2) is 23.5 Å². The summed E-state index contributed by atoms with van der Waals surface area (Å²) in [6, 6.07) is 15.9. The lowest BCUT2D eigenvalue weighted by Gasteiger charge is -2.12. The Bertz CT molecular complexity index is 1230. The Kier molecular flexibility index (Phi) is 6.04. The van der Waals surface area contributed by atoms with E-state index in [4.69, 9.17) is 9.47 Å². The minimum absolute atomic E-state index is 0.0930. The topological polar surface area (TPSA) is 120 Å². The standard InChI is InChI=1S/C22H16BrN3O6/c23-16-7-6-14(10-18(16)26(29)30)21(27)25-17-4-2-1-3-15(17)22(28)24-11-13-5-8-19-20(9-13)32-12-31-19/h1-10H,11-12H2,(H,24,28)(H,25,27). The third-order valence-corrected chi connectivity index (χ3v) is 5.39. The molecule has 0 saturated heterocycles. The maximum atomic E-state index is 12.8. The van der Waals surface area contributed by atoms with E-state index in [1.807, 2.05) is 6.07 Å². The summed E-state index contributed by atoms with van der Waals surface area (Å²) in [7, 11) is 0. The van der Waals surface area contributed by atoms with Crippen LogP contribution in [0.3, 0.4) is 0 Å². The molecule has 4 rings (SSSR count). The number of benzene rings is 3. The number of carbonyl (C=O) groups excluding carboxylic acids is 2. The predicted molar refractivity (Wildman–Crippen MR) is 119 cm³/mol. The molecule has 0 saturated carbocycles. The zero-order chi connectivity index (χ0) is 22.7. The van der Waals surface area contributed by atoms with Crippen LogP contribution in [0, 0.1) is 10.1 Å². The smallest absolute Gasteiger partial charge is 0.284 e. The van der Waals surface area contributed by atoms with Gasteiger partial charge in [0.1, 0.15) is 0 Å². The number of hydrogen-bond acceptors (Lipinski definition) is 6. The number of halogens is 1. The average Bonchev–Trinajstić information content (AvgIpc) is 3.26. The van der Waals surface area contributed by atoms with Gasteiger partial charge in [-0.2, -0.15) is 0 Å². The Hall–Kier alpha value is -3.92. The monoisotopic (exact) mass is 497 g/mol. The van der Waals surface area contributed by atoms with Gasteiger partial charge in [0.15, 0.2) is 11.5 Å². The molecule has 10 heteroatoms. The molecule has 0 radical (unpaired) electrons. The molecule has 32 heavy (non-hydrogen) atoms. The number of nitro groups is 1. The molecule has 162 valence electrons. The highest BCUT2D eigenvalue weighted by Crippen LogP contribution is 2.32. The van der Waals surface area contributed by atoms with E-state index in [0.717, 1.165) is 5.56 Å². The lowest BCUT2D eigenvalue weighted by molar-refractivity contribution is -0.385. The molecule has 1 heterocycles. The fraction of sp³-hybridized carbons (Fsp3) is 0.0909. The molecule has 0 fully saturated rings. The Labute approximate surface area is 190 Å². The number of nitro benzene ring substituents is 1. The Morgan fingerprint density at radius 1 is 1.00 bits per heavy atom. The van der Waals surface area contributed by atoms with Gasteiger partial charge in [0.25, 0.3) is 17.5 Å². The molecule has 3 aromatic rings. The number of ether oxygens (including phenoxy) is 2. The second-order valence-corrected chi connectivity index (χ2v) is 7.65. The number of carbonyl (C=O) groups is 2. The van der Waals surface area contributed by atoms with Gasteiger partial charge >= 0.3 is 0 Å². The van der Waals surface area contributed by atoms with Gasteiger partial charge in [-0.25, -0.2) is 0 Å². The predicted octanol–water partition coefficient (Wildman–Crippen LogP) is 4.27. The van der Waals surface area contributed by atoms with Crippen molar-refractivity contribution < 1.29 is 24.0 Å². The highest BCUT2D eigenvalue weighted by atomic mass is 79.9. The molecule has 0 unspecified atom stereocenters. The second-order valence-electron chi connectivity index (χ2n) is 6.79. The lowest BCUT2D eigenvalue weighted by Crippen LogP contribution is -2.25. The molecule has 0 spiro atoms. The van der Waals surface area contributed by atoms with Crippen molar-refractivity contribution in [3.8, 4) is 11.5 Å². The number of nitrogens with one attached hydrogen (secondary N) is 2. The van der Waals surface area contributed by atoms with Crippen LogP contribution in [0.5, 0.6) is 11.5 Å². The molecule has 0 aliphatic carbocycles. The van der Waals surface area contributed by atoms with Gasteiger partial charge in [-0.15, -0.1) is 0 Å². The molecule has 2 N–H and O–H groups in total. The molecular weight excluding hydrogens is 482 g/mol. The third kappa shape index (κ3) is 4.54. The molecule has 9 nitrogen and oxygen atoms in total. The van der Waals surface area contributed by atoms with Crippen molar-refractivity contribution in [1.82, 2.24) is 5.32 Å². The lowest BCUT2D eigenvalue weighted by atomic mass is 10.1. The first-order chi connectivity index (χ1) is 15.4. The largest absolute Gasteiger partial charge is 0.454 e. The number of rotatable bonds is 6. The van der Waals surface area contributed by atoms with Crippen molar-refractivity contribution in [2.45, 2.75) is 6.54 Å². The fourth-order valence-electron chi connectivity index (χ4n) is 3.11. The number of hydrogen-bond donors (Lipinski definition) is 2. The van der Waals surface area contributed by atoms with E-state index >= 15 is 0 Å². The van der Waals surface area contributed by atoms with E-state index in [-0.39, 0.29) is 46.2 Å². The van der Waals surface area contributed by atoms with Gasteiger partial charge in [0.05, 0.1) is 20.6 Å². The Morgan fingerprint density at radius 3 is 2.59 bits per heavy atom. The van der Waals surface area contributed by atoms with E-state index in [9.17, 15) is 19.7 Å². The molecule has 1 aliphatic heterocycles. The van der Waals surface area contributed by atoms with Crippen LogP contribution in [-0.2, 0) is 6.54 Å². The SMILES string of the molecule is O=C(Nc1ccccc1C(=O)NCc1ccc2c(c1)OCO2)c1ccc(Br)c([N+](=O)[O-])c1. The number of anilines is 1. The molecule has 0 aromatic heterocycles. The van der Waals surface area contributed by atoms with Crippen molar-refractivity contribution in [1.29, 1.82) is 0 Å². The van der Waals surface area contributed by atoms with E-state index in [2.05, 4.69) is 26.6 Å². The summed E-state index contributed by atoms with van der Waals surface area (Å²) >= 11 is 3.09. The molecular formula is C22H16BrN3O6. The van der Waals surface area contributed by atoms with Crippen molar-refractivity contribution in [2.24, 2.45) is 0 Å². The summed E-state index contributed by atoms with van der Waals surface area (Å²) in [5, 5.41) is 16.6. The van der Waals surface area contributed by atoms with Gasteiger partial charge in [-0.05, 0) is 57.9 Å². The zero-order valence-electron chi connectivity index (χ0n) is 16.5. The summed E-state index contributed by atoms with van der Waals surface area (Å²) in [6.07, 6.45) is 0. The molecule has 1 aliphatic rings. The van der Waals surface area contributed by atoms with Crippen LogP contribution in [0.25, 0.3) is 0 Å². The van der Waals surface area contributed by atoms with E-state index in [0.29, 0.717) is 11.5 Å². The first kappa shape index (κ1) is 21.3. The van der Waals surface area contributed by atoms with Crippen molar-refractivity contribution in [3.63, 3.8) is 0 Å². The number of para-hydroxylation sites is 1. The molecule has 2 amide bonds. The molecule has 0 atom stereocenters. The number of fused-ring (bicyclic) bond motifs is 1. The number of nitrogens with zero attached hydrogens (tertiary/aromatic N) is 1. The Balaban J connectivity index is 1.47. The molecule has 3 aromatic carbocycles. The van der Waals surface area contributed by atoms with Crippen LogP contribution in [0.4, 0.5) is 11.4 Å². The van der Waals surface area contributed by atoms with E-state index < -0.39 is 10.8 Å². The van der Waals surface area contributed by atoms with Crippen LogP contribution in [0.2, 0.25) is 0 Å². The van der Waals surface area contributed by atoms with Gasteiger partial charge in [0.2, 0.25) is 6.79 Å². The van der Waals surface area contributed by atoms with Crippen LogP contribution in [0.1, 0.15) is 26.3 Å². The zero-order valence-corrected chi connectivity index (χ0v) is 18.0. The number of amides is 2. The summed E-state index contributed by atoms with van der Waals surface area (Å²) in [6.45, 7) is 0.413. The summed E-state index contributed by atoms with van der Waals surface area (Å²) in [5.74, 6) is 0.311. The minimum Gasteiger partial charge on any atom is -0.454 e. The van der Waals surface area contributed by atoms with E-state index in [1.54, 1.807) is 36.4 Å². The van der Waals surface area contributed by atoms with Crippen molar-refractivity contribution in [2.75, 3.05) is 12.1 Å². The van der Waals surface area contributed by atoms with Crippen molar-refractivity contribution in [3.05, 3.63) is 91.9 Å². The average molecular weight is 498 g/mol. The van der Waals surface area contributed by atoms with Gasteiger partial charge < -0.3 is 20.1 Å². The van der Waals surface area contributed by atoms with Crippen LogP contribution >= 0.6 is 15.9 Å². The van der Waals surface area contributed by atoms with Crippen molar-refractivity contribution >= 4 is 39.1 Å².